The highest BCUT2D eigenvalue weighted by molar-refractivity contribution is 14.1. The number of hydrogen-bond donors (Lipinski definition) is 0. The fourth-order valence-corrected chi connectivity index (χ4v) is 8.44. The molecular weight excluding hydrogens is 687 g/mol. The molecule has 0 fully saturated rings. The predicted molar refractivity (Wildman–Crippen MR) is 209 cm³/mol. The zero-order valence-corrected chi connectivity index (χ0v) is 30.9. The molecule has 3 aromatic carbocycles. The minimum Gasteiger partial charge on any atom is -0.353 e. The molecule has 0 saturated carbocycles. The number of para-hydroxylation sites is 2. The molecule has 0 N–H and O–H groups in total. The second-order valence-corrected chi connectivity index (χ2v) is 15.9. The molecule has 1 unspecified atom stereocenters. The summed E-state index contributed by atoms with van der Waals surface area (Å²) in [6.45, 7) is 9.41. The summed E-state index contributed by atoms with van der Waals surface area (Å²) in [6.07, 6.45) is 18.1. The van der Waals surface area contributed by atoms with Crippen molar-refractivity contribution >= 4 is 62.7 Å². The number of alkyl halides is 1. The van der Waals surface area contributed by atoms with Gasteiger partial charge in [-0.2, -0.15) is 4.57 Å². The fourth-order valence-electron chi connectivity index (χ4n) is 7.79. The minimum atomic E-state index is -0.228. The summed E-state index contributed by atoms with van der Waals surface area (Å²) in [6, 6.07) is 26.4. The van der Waals surface area contributed by atoms with Gasteiger partial charge in [-0.3, -0.25) is 0 Å². The van der Waals surface area contributed by atoms with E-state index in [9.17, 15) is 0 Å². The molecule has 1 atom stereocenters. The van der Waals surface area contributed by atoms with Crippen LogP contribution in [0.1, 0.15) is 50.1 Å². The Morgan fingerprint density at radius 3 is 1.98 bits per heavy atom. The van der Waals surface area contributed by atoms with Crippen LogP contribution in [0.2, 0.25) is 0 Å². The van der Waals surface area contributed by atoms with Crippen molar-refractivity contribution in [1.82, 2.24) is 0 Å². The number of pyridine rings is 1. The summed E-state index contributed by atoms with van der Waals surface area (Å²) in [4.78, 5) is 7.13. The first kappa shape index (κ1) is 31.5. The molecule has 0 radical (unpaired) electrons. The number of aromatic nitrogens is 1. The molecule has 1 aromatic heterocycles. The summed E-state index contributed by atoms with van der Waals surface area (Å²) in [5.41, 5.74) is 12.6. The Morgan fingerprint density at radius 1 is 0.702 bits per heavy atom. The second kappa shape index (κ2) is 11.3. The van der Waals surface area contributed by atoms with Crippen molar-refractivity contribution in [3.05, 3.63) is 143 Å². The third-order valence-corrected chi connectivity index (χ3v) is 12.2. The fraction of sp³-hybridized carbons (Fsp3) is 0.262. The van der Waals surface area contributed by atoms with E-state index < -0.39 is 0 Å². The summed E-state index contributed by atoms with van der Waals surface area (Å²) in [5, 5.41) is 1.25. The van der Waals surface area contributed by atoms with Gasteiger partial charge in [0.05, 0.1) is 0 Å². The van der Waals surface area contributed by atoms with Gasteiger partial charge < -0.3 is 14.7 Å². The molecule has 4 nitrogen and oxygen atoms in total. The average molecular weight is 732 g/mol. The number of rotatable bonds is 4. The number of fused-ring (bicyclic) bond motifs is 4. The molecule has 5 heteroatoms. The van der Waals surface area contributed by atoms with Crippen molar-refractivity contribution in [3.63, 3.8) is 0 Å². The second-order valence-electron chi connectivity index (χ2n) is 14.1. The van der Waals surface area contributed by atoms with Crippen LogP contribution in [0.25, 0.3) is 23.1 Å². The Kier molecular flexibility index (Phi) is 7.55. The Balaban J connectivity index is 1.17. The number of aryl methyl sites for hydroxylation is 1. The Labute approximate surface area is 293 Å². The smallest absolute Gasteiger partial charge is 0.212 e. The van der Waals surface area contributed by atoms with E-state index in [2.05, 4.69) is 219 Å². The average Bonchev–Trinajstić information content (AvgIpc) is 3.36. The Morgan fingerprint density at radius 2 is 1.30 bits per heavy atom. The molecule has 3 aliphatic heterocycles. The Bertz CT molecular complexity index is 2080. The third-order valence-electron chi connectivity index (χ3n) is 10.7. The monoisotopic (exact) mass is 731 g/mol. The highest BCUT2D eigenvalue weighted by Gasteiger charge is 2.44. The van der Waals surface area contributed by atoms with Crippen LogP contribution in [-0.2, 0) is 17.9 Å². The lowest BCUT2D eigenvalue weighted by Gasteiger charge is -2.38. The SMILES string of the molecule is CN1C(=CC=Cc2ccc3ccccc3[n+]2C)C(C)(C)c2cc3c(cc21)C(C)(C)C(=CC=CC1(I)C=Cc2ccccc2N1C)N3C. The highest BCUT2D eigenvalue weighted by atomic mass is 127. The zero-order valence-electron chi connectivity index (χ0n) is 28.7. The molecule has 3 aliphatic rings. The van der Waals surface area contributed by atoms with Gasteiger partial charge >= 0.3 is 0 Å². The Hall–Kier alpha value is -4.10. The standard InChI is InChI=1S/C42H44IN4/c1-40(2)32-27-37-33(28-36(32)45(6)38(40)20-13-17-31-23-22-29-15-9-11-18-34(29)44(31)5)41(3,4)39(46(37)7)21-14-25-42(43)26-24-30-16-10-12-19-35(30)47(42)8/h9-28H,1-8H3/q+1. The first-order chi connectivity index (χ1) is 22.3. The molecule has 7 rings (SSSR count). The van der Waals surface area contributed by atoms with Crippen LogP contribution in [0, 0.1) is 0 Å². The zero-order chi connectivity index (χ0) is 33.3. The van der Waals surface area contributed by atoms with Crippen LogP contribution in [0.5, 0.6) is 0 Å². The summed E-state index contributed by atoms with van der Waals surface area (Å²) >= 11 is 2.55. The largest absolute Gasteiger partial charge is 0.353 e. The van der Waals surface area contributed by atoms with Crippen LogP contribution >= 0.6 is 22.6 Å². The van der Waals surface area contributed by atoms with Gasteiger partial charge in [-0.05, 0) is 93.9 Å². The molecule has 0 spiro atoms. The number of allylic oxidation sites excluding steroid dienone is 6. The van der Waals surface area contributed by atoms with Crippen LogP contribution in [0.15, 0.2) is 121 Å². The van der Waals surface area contributed by atoms with Gasteiger partial charge in [-0.15, -0.1) is 0 Å². The molecule has 0 bridgehead atoms. The van der Waals surface area contributed by atoms with Gasteiger partial charge in [0.15, 0.2) is 0 Å². The van der Waals surface area contributed by atoms with E-state index in [1.54, 1.807) is 0 Å². The lowest BCUT2D eigenvalue weighted by atomic mass is 9.80. The van der Waals surface area contributed by atoms with Crippen molar-refractivity contribution in [2.45, 2.75) is 42.1 Å². The lowest BCUT2D eigenvalue weighted by Crippen LogP contribution is -2.39. The molecule has 4 heterocycles. The number of anilines is 3. The molecule has 238 valence electrons. The van der Waals surface area contributed by atoms with E-state index in [0.29, 0.717) is 0 Å². The van der Waals surface area contributed by atoms with E-state index in [1.807, 2.05) is 0 Å². The van der Waals surface area contributed by atoms with Gasteiger partial charge in [-0.1, -0.05) is 76.3 Å². The molecular formula is C42H44IN4+. The minimum absolute atomic E-state index is 0.131. The maximum atomic E-state index is 2.55. The van der Waals surface area contributed by atoms with E-state index in [4.69, 9.17) is 0 Å². The molecule has 47 heavy (non-hydrogen) atoms. The molecule has 0 saturated heterocycles. The van der Waals surface area contributed by atoms with Crippen LogP contribution in [0.4, 0.5) is 17.1 Å². The van der Waals surface area contributed by atoms with Gasteiger partial charge in [0.1, 0.15) is 10.6 Å². The van der Waals surface area contributed by atoms with E-state index in [-0.39, 0.29) is 14.4 Å². The van der Waals surface area contributed by atoms with Crippen LogP contribution in [0.3, 0.4) is 0 Å². The van der Waals surface area contributed by atoms with E-state index >= 15 is 0 Å². The molecule has 0 amide bonds. The molecule has 4 aromatic rings. The van der Waals surface area contributed by atoms with Crippen LogP contribution < -0.4 is 19.3 Å². The van der Waals surface area contributed by atoms with Crippen molar-refractivity contribution < 1.29 is 4.57 Å². The predicted octanol–water partition coefficient (Wildman–Crippen LogP) is 9.45. The van der Waals surface area contributed by atoms with Gasteiger partial charge in [0.2, 0.25) is 11.2 Å². The van der Waals surface area contributed by atoms with E-state index in [1.165, 1.54) is 61.7 Å². The van der Waals surface area contributed by atoms with Gasteiger partial charge in [0.25, 0.3) is 0 Å². The van der Waals surface area contributed by atoms with Crippen molar-refractivity contribution in [2.75, 3.05) is 35.8 Å². The summed E-state index contributed by atoms with van der Waals surface area (Å²) in [5.74, 6) is 0. The quantitative estimate of drug-likeness (QED) is 0.0900. The third kappa shape index (κ3) is 4.97. The van der Waals surface area contributed by atoms with Gasteiger partial charge in [0, 0.05) is 84.0 Å². The number of nitrogens with zero attached hydrogens (tertiary/aromatic N) is 4. The maximum absolute atomic E-state index is 2.55. The number of halogens is 1. The summed E-state index contributed by atoms with van der Waals surface area (Å²) < 4.78 is 2.03. The molecule has 0 aliphatic carbocycles. The number of benzene rings is 3. The van der Waals surface area contributed by atoms with Gasteiger partial charge in [-0.25, -0.2) is 0 Å². The van der Waals surface area contributed by atoms with E-state index in [0.717, 1.165) is 0 Å². The highest BCUT2D eigenvalue weighted by Crippen LogP contribution is 2.55. The maximum Gasteiger partial charge on any atom is 0.212 e. The number of hydrogen-bond acceptors (Lipinski definition) is 3. The lowest BCUT2D eigenvalue weighted by molar-refractivity contribution is -0.646. The van der Waals surface area contributed by atoms with Crippen molar-refractivity contribution in [3.8, 4) is 0 Å². The normalized spacial score (nSPS) is 22.7. The van der Waals surface area contributed by atoms with Crippen LogP contribution in [-0.4, -0.2) is 24.7 Å². The topological polar surface area (TPSA) is 13.6 Å². The summed E-state index contributed by atoms with van der Waals surface area (Å²) in [7, 11) is 8.75. The first-order valence-electron chi connectivity index (χ1n) is 16.4. The first-order valence-corrected chi connectivity index (χ1v) is 17.5. The van der Waals surface area contributed by atoms with Crippen molar-refractivity contribution in [2.24, 2.45) is 7.05 Å². The number of likely N-dealkylation sites (N-methyl/N-ethyl adjacent to an activating group) is 3. The van der Waals surface area contributed by atoms with Crippen molar-refractivity contribution in [1.29, 1.82) is 0 Å².